The number of nitro groups is 1. The summed E-state index contributed by atoms with van der Waals surface area (Å²) in [6.07, 6.45) is 2.62. The Morgan fingerprint density at radius 1 is 1.17 bits per heavy atom. The SMILES string of the molecule is CCCCCSC1=NN2C(=c3ccccc3=N[C@H]2c2ccc(-c3ccc([N+](=O)[O-])cc3C)o2)C(=O)N1. The topological polar surface area (TPSA) is 113 Å². The van der Waals surface area contributed by atoms with Crippen molar-refractivity contribution in [3.05, 3.63) is 86.6 Å². The number of rotatable bonds is 7. The molecule has 0 bridgehead atoms. The Hall–Kier alpha value is -3.92. The predicted molar refractivity (Wildman–Crippen MR) is 138 cm³/mol. The average molecular weight is 504 g/mol. The summed E-state index contributed by atoms with van der Waals surface area (Å²) in [7, 11) is 0. The number of furan rings is 1. The van der Waals surface area contributed by atoms with Gasteiger partial charge in [0.05, 0.1) is 10.3 Å². The van der Waals surface area contributed by atoms with Gasteiger partial charge in [-0.15, -0.1) is 5.10 Å². The fraction of sp³-hybridized carbons (Fsp3) is 0.269. The second-order valence-corrected chi connectivity index (χ2v) is 9.67. The lowest BCUT2D eigenvalue weighted by atomic mass is 10.1. The molecule has 36 heavy (non-hydrogen) atoms. The zero-order chi connectivity index (χ0) is 25.2. The van der Waals surface area contributed by atoms with E-state index in [0.717, 1.165) is 36.1 Å². The zero-order valence-corrected chi connectivity index (χ0v) is 20.7. The third-order valence-electron chi connectivity index (χ3n) is 6.07. The van der Waals surface area contributed by atoms with E-state index in [1.807, 2.05) is 36.4 Å². The molecule has 3 aromatic rings. The van der Waals surface area contributed by atoms with Gasteiger partial charge in [0.15, 0.2) is 10.9 Å². The van der Waals surface area contributed by atoms with Gasteiger partial charge in [-0.3, -0.25) is 20.2 Å². The second-order valence-electron chi connectivity index (χ2n) is 8.59. The zero-order valence-electron chi connectivity index (χ0n) is 19.9. The molecule has 10 heteroatoms. The number of aryl methyl sites for hydroxylation is 1. The Morgan fingerprint density at radius 3 is 2.78 bits per heavy atom. The van der Waals surface area contributed by atoms with Crippen LogP contribution in [-0.4, -0.2) is 26.8 Å². The fourth-order valence-electron chi connectivity index (χ4n) is 4.27. The van der Waals surface area contributed by atoms with Crippen molar-refractivity contribution in [1.29, 1.82) is 0 Å². The summed E-state index contributed by atoms with van der Waals surface area (Å²) in [5.74, 6) is 1.71. The lowest BCUT2D eigenvalue weighted by Gasteiger charge is -2.32. The minimum Gasteiger partial charge on any atom is -0.457 e. The third kappa shape index (κ3) is 4.51. The number of thioether (sulfide) groups is 1. The maximum absolute atomic E-state index is 13.2. The lowest BCUT2D eigenvalue weighted by molar-refractivity contribution is -0.384. The van der Waals surface area contributed by atoms with Crippen molar-refractivity contribution in [3.8, 4) is 11.3 Å². The van der Waals surface area contributed by atoms with Gasteiger partial charge in [0, 0.05) is 28.7 Å². The van der Waals surface area contributed by atoms with E-state index in [9.17, 15) is 14.9 Å². The summed E-state index contributed by atoms with van der Waals surface area (Å²) < 4.78 is 6.21. The molecule has 1 atom stereocenters. The quantitative estimate of drug-likeness (QED) is 0.293. The number of hydrazone groups is 1. The van der Waals surface area contributed by atoms with Gasteiger partial charge in [-0.25, -0.2) is 10.0 Å². The highest BCUT2D eigenvalue weighted by atomic mass is 32.2. The number of nitrogens with one attached hydrogen (secondary N) is 1. The highest BCUT2D eigenvalue weighted by Crippen LogP contribution is 2.35. The molecule has 0 radical (unpaired) electrons. The van der Waals surface area contributed by atoms with Crippen LogP contribution in [0.2, 0.25) is 0 Å². The molecule has 0 aliphatic carbocycles. The van der Waals surface area contributed by atoms with E-state index in [2.05, 4.69) is 12.2 Å². The standard InChI is InChI=1S/C26H25N5O4S/c1-3-4-7-14-36-26-28-25(32)23-19-8-5-6-9-20(19)27-24(30(23)29-26)22-13-12-21(35-22)18-11-10-17(31(33)34)15-16(18)2/h5-6,8-13,15,24H,3-4,7,14H2,1-2H3,(H,28,29,32)/t24-/m1/s1. The third-order valence-corrected chi connectivity index (χ3v) is 7.02. The van der Waals surface area contributed by atoms with Crippen molar-refractivity contribution in [2.45, 2.75) is 39.3 Å². The molecular weight excluding hydrogens is 478 g/mol. The van der Waals surface area contributed by atoms with Crippen LogP contribution in [0, 0.1) is 17.0 Å². The maximum atomic E-state index is 13.2. The minimum atomic E-state index is -0.667. The average Bonchev–Trinajstić information content (AvgIpc) is 3.35. The van der Waals surface area contributed by atoms with Crippen LogP contribution in [0.15, 0.2) is 69.1 Å². The molecule has 3 heterocycles. The van der Waals surface area contributed by atoms with Crippen LogP contribution in [0.5, 0.6) is 0 Å². The molecule has 184 valence electrons. The predicted octanol–water partition coefficient (Wildman–Crippen LogP) is 4.23. The van der Waals surface area contributed by atoms with Crippen LogP contribution in [-0.2, 0) is 4.79 Å². The number of unbranched alkanes of at least 4 members (excludes halogenated alkanes) is 2. The highest BCUT2D eigenvalue weighted by Gasteiger charge is 2.36. The molecule has 0 saturated heterocycles. The number of non-ortho nitro benzene ring substituents is 1. The smallest absolute Gasteiger partial charge is 0.276 e. The summed E-state index contributed by atoms with van der Waals surface area (Å²) in [6, 6.07) is 15.8. The molecule has 9 nitrogen and oxygen atoms in total. The number of hydrogen-bond acceptors (Lipinski definition) is 8. The number of para-hydroxylation sites is 1. The first-order chi connectivity index (χ1) is 17.5. The Labute approximate surface area is 211 Å². The molecule has 2 aromatic carbocycles. The van der Waals surface area contributed by atoms with Gasteiger partial charge in [-0.2, -0.15) is 0 Å². The summed E-state index contributed by atoms with van der Waals surface area (Å²) in [5.41, 5.74) is 1.93. The van der Waals surface area contributed by atoms with Gasteiger partial charge >= 0.3 is 0 Å². The van der Waals surface area contributed by atoms with Gasteiger partial charge in [-0.1, -0.05) is 49.7 Å². The first kappa shape index (κ1) is 23.8. The molecule has 0 spiro atoms. The minimum absolute atomic E-state index is 0.0267. The van der Waals surface area contributed by atoms with E-state index in [4.69, 9.17) is 14.5 Å². The van der Waals surface area contributed by atoms with E-state index in [1.54, 1.807) is 18.0 Å². The monoisotopic (exact) mass is 503 g/mol. The summed E-state index contributed by atoms with van der Waals surface area (Å²) in [5, 5.41) is 22.4. The van der Waals surface area contributed by atoms with Crippen LogP contribution in [0.4, 0.5) is 5.69 Å². The number of benzene rings is 2. The molecule has 0 fully saturated rings. The normalized spacial score (nSPS) is 16.6. The molecule has 1 amide bonds. The van der Waals surface area contributed by atoms with E-state index < -0.39 is 11.1 Å². The number of nitrogens with zero attached hydrogens (tertiary/aromatic N) is 4. The number of carbonyl (C=O) groups is 1. The maximum Gasteiger partial charge on any atom is 0.276 e. The Kier molecular flexibility index (Phi) is 6.60. The molecule has 2 aliphatic heterocycles. The number of amidine groups is 1. The molecule has 2 aliphatic rings. The molecule has 0 saturated carbocycles. The van der Waals surface area contributed by atoms with Crippen molar-refractivity contribution < 1.29 is 14.1 Å². The summed E-state index contributed by atoms with van der Waals surface area (Å²) in [6.45, 7) is 3.96. The van der Waals surface area contributed by atoms with Crippen molar-refractivity contribution >= 4 is 34.2 Å². The Bertz CT molecular complexity index is 1500. The summed E-state index contributed by atoms with van der Waals surface area (Å²) >= 11 is 1.52. The van der Waals surface area contributed by atoms with Gasteiger partial charge in [0.1, 0.15) is 11.5 Å². The first-order valence-electron chi connectivity index (χ1n) is 11.8. The number of nitro benzene ring substituents is 1. The van der Waals surface area contributed by atoms with Crippen LogP contribution in [0.25, 0.3) is 17.0 Å². The summed E-state index contributed by atoms with van der Waals surface area (Å²) in [4.78, 5) is 28.8. The van der Waals surface area contributed by atoms with Crippen LogP contribution in [0.1, 0.15) is 43.7 Å². The highest BCUT2D eigenvalue weighted by molar-refractivity contribution is 8.13. The van der Waals surface area contributed by atoms with E-state index in [-0.39, 0.29) is 11.6 Å². The molecular formula is C26H25N5O4S. The van der Waals surface area contributed by atoms with Crippen LogP contribution >= 0.6 is 11.8 Å². The lowest BCUT2D eigenvalue weighted by Crippen LogP contribution is -2.50. The van der Waals surface area contributed by atoms with E-state index >= 15 is 0 Å². The second kappa shape index (κ2) is 9.98. The van der Waals surface area contributed by atoms with Crippen molar-refractivity contribution in [2.24, 2.45) is 10.1 Å². The van der Waals surface area contributed by atoms with Gasteiger partial charge in [-0.05, 0) is 43.2 Å². The van der Waals surface area contributed by atoms with Crippen LogP contribution in [0.3, 0.4) is 0 Å². The van der Waals surface area contributed by atoms with Gasteiger partial charge < -0.3 is 4.42 Å². The molecule has 0 unspecified atom stereocenters. The number of amides is 1. The molecule has 1 aromatic heterocycles. The van der Waals surface area contributed by atoms with Crippen molar-refractivity contribution in [1.82, 2.24) is 10.3 Å². The van der Waals surface area contributed by atoms with Crippen LogP contribution < -0.4 is 15.9 Å². The van der Waals surface area contributed by atoms with Crippen molar-refractivity contribution in [2.75, 3.05) is 5.75 Å². The van der Waals surface area contributed by atoms with Gasteiger partial charge in [0.25, 0.3) is 11.6 Å². The molecule has 5 rings (SSSR count). The van der Waals surface area contributed by atoms with E-state index in [0.29, 0.717) is 33.0 Å². The number of carbonyl (C=O) groups excluding carboxylic acids is 1. The van der Waals surface area contributed by atoms with Gasteiger partial charge in [0.2, 0.25) is 6.17 Å². The number of hydrogen-bond donors (Lipinski definition) is 1. The first-order valence-corrected chi connectivity index (χ1v) is 12.8. The Morgan fingerprint density at radius 2 is 2.00 bits per heavy atom. The van der Waals surface area contributed by atoms with E-state index in [1.165, 1.54) is 23.9 Å². The molecule has 1 N–H and O–H groups in total. The fourth-order valence-corrected chi connectivity index (χ4v) is 5.13. The largest absolute Gasteiger partial charge is 0.457 e. The number of fused-ring (bicyclic) bond motifs is 2. The Balaban J connectivity index is 1.53. The van der Waals surface area contributed by atoms with Crippen molar-refractivity contribution in [3.63, 3.8) is 0 Å².